The average molecular weight is 396 g/mol. The van der Waals surface area contributed by atoms with Crippen LogP contribution in [0.3, 0.4) is 0 Å². The summed E-state index contributed by atoms with van der Waals surface area (Å²) in [5.41, 5.74) is 1.83. The van der Waals surface area contributed by atoms with Crippen LogP contribution in [0.2, 0.25) is 0 Å². The summed E-state index contributed by atoms with van der Waals surface area (Å²) in [6.07, 6.45) is 6.42. The lowest BCUT2D eigenvalue weighted by atomic mass is 9.74. The summed E-state index contributed by atoms with van der Waals surface area (Å²) >= 11 is 0. The highest BCUT2D eigenvalue weighted by Crippen LogP contribution is 2.44. The van der Waals surface area contributed by atoms with Crippen molar-refractivity contribution in [2.24, 2.45) is 11.8 Å². The number of hydrogen-bond donors (Lipinski definition) is 0. The van der Waals surface area contributed by atoms with Crippen molar-refractivity contribution in [2.75, 3.05) is 26.7 Å². The summed E-state index contributed by atoms with van der Waals surface area (Å²) in [5.74, 6) is 2.55. The topological polar surface area (TPSA) is 58.8 Å². The van der Waals surface area contributed by atoms with Gasteiger partial charge in [-0.15, -0.1) is 0 Å². The van der Waals surface area contributed by atoms with E-state index in [4.69, 9.17) is 9.15 Å². The maximum absolute atomic E-state index is 12.9. The molecule has 3 aliphatic heterocycles. The second-order valence-corrected chi connectivity index (χ2v) is 8.81. The molecule has 1 aromatic heterocycles. The molecule has 29 heavy (non-hydrogen) atoms. The molecule has 0 saturated carbocycles. The Morgan fingerprint density at radius 1 is 1.17 bits per heavy atom. The van der Waals surface area contributed by atoms with Gasteiger partial charge in [-0.3, -0.25) is 9.69 Å². The molecule has 1 aromatic carbocycles. The summed E-state index contributed by atoms with van der Waals surface area (Å²) < 4.78 is 10.6. The Morgan fingerprint density at radius 2 is 2.00 bits per heavy atom. The molecule has 4 atom stereocenters. The van der Waals surface area contributed by atoms with Crippen LogP contribution in [0.4, 0.5) is 0 Å². The van der Waals surface area contributed by atoms with Crippen molar-refractivity contribution in [3.05, 3.63) is 47.7 Å². The molecule has 5 rings (SSSR count). The van der Waals surface area contributed by atoms with Crippen LogP contribution in [0.15, 0.2) is 34.9 Å². The van der Waals surface area contributed by atoms with Gasteiger partial charge in [-0.05, 0) is 55.2 Å². The normalized spacial score (nSPS) is 29.4. The van der Waals surface area contributed by atoms with Crippen LogP contribution in [0, 0.1) is 18.8 Å². The highest BCUT2D eigenvalue weighted by atomic mass is 16.5. The zero-order chi connectivity index (χ0) is 20.0. The van der Waals surface area contributed by atoms with Crippen molar-refractivity contribution in [3.63, 3.8) is 0 Å². The molecule has 0 unspecified atom stereocenters. The van der Waals surface area contributed by atoms with Gasteiger partial charge in [0.25, 0.3) is 5.91 Å². The van der Waals surface area contributed by atoms with Gasteiger partial charge in [0.1, 0.15) is 12.0 Å². The fourth-order valence-electron chi connectivity index (χ4n) is 5.78. The lowest BCUT2D eigenvalue weighted by molar-refractivity contribution is -0.0512. The molecule has 3 fully saturated rings. The van der Waals surface area contributed by atoms with Gasteiger partial charge in [-0.1, -0.05) is 12.1 Å². The molecular weight excluding hydrogens is 366 g/mol. The van der Waals surface area contributed by atoms with Gasteiger partial charge >= 0.3 is 0 Å². The molecule has 0 radical (unpaired) electrons. The van der Waals surface area contributed by atoms with E-state index in [1.807, 2.05) is 4.90 Å². The number of amides is 1. The Kier molecular flexibility index (Phi) is 4.82. The van der Waals surface area contributed by atoms with Gasteiger partial charge in [0.15, 0.2) is 11.6 Å². The molecule has 3 saturated heterocycles. The van der Waals surface area contributed by atoms with Crippen molar-refractivity contribution < 1.29 is 13.9 Å². The van der Waals surface area contributed by atoms with Gasteiger partial charge in [-0.25, -0.2) is 4.98 Å². The first-order valence-electron chi connectivity index (χ1n) is 10.7. The van der Waals surface area contributed by atoms with Crippen LogP contribution >= 0.6 is 0 Å². The number of benzene rings is 1. The Hall–Kier alpha value is -2.34. The van der Waals surface area contributed by atoms with Crippen LogP contribution < -0.4 is 4.74 Å². The quantitative estimate of drug-likeness (QED) is 0.793. The molecule has 0 N–H and O–H groups in total. The van der Waals surface area contributed by atoms with Crippen LogP contribution in [0.1, 0.15) is 53.7 Å². The van der Waals surface area contributed by atoms with Crippen LogP contribution in [-0.2, 0) is 0 Å². The second-order valence-electron chi connectivity index (χ2n) is 8.81. The van der Waals surface area contributed by atoms with Gasteiger partial charge in [-0.2, -0.15) is 0 Å². The lowest BCUT2D eigenvalue weighted by Gasteiger charge is -2.55. The first-order chi connectivity index (χ1) is 14.1. The Bertz CT molecular complexity index is 878. The maximum atomic E-state index is 12.9. The SMILES string of the molecule is COc1ccc([C@H]2CCC[C@H]3[C@@H]4C[C@@H](CN(C(=O)c5coc(C)n5)C4)CN23)cc1. The number of aromatic nitrogens is 1. The zero-order valence-corrected chi connectivity index (χ0v) is 17.2. The summed E-state index contributed by atoms with van der Waals surface area (Å²) in [5, 5.41) is 0. The average Bonchev–Trinajstić information content (AvgIpc) is 3.19. The van der Waals surface area contributed by atoms with E-state index in [1.54, 1.807) is 14.0 Å². The molecule has 0 spiro atoms. The van der Waals surface area contributed by atoms with Crippen molar-refractivity contribution in [3.8, 4) is 5.75 Å². The third-order valence-electron chi connectivity index (χ3n) is 7.01. The summed E-state index contributed by atoms with van der Waals surface area (Å²) in [4.78, 5) is 21.9. The van der Waals surface area contributed by atoms with Crippen LogP contribution in [0.5, 0.6) is 5.75 Å². The molecule has 4 heterocycles. The van der Waals surface area contributed by atoms with E-state index in [-0.39, 0.29) is 5.91 Å². The van der Waals surface area contributed by atoms with Crippen molar-refractivity contribution >= 4 is 5.91 Å². The predicted molar refractivity (Wildman–Crippen MR) is 109 cm³/mol. The van der Waals surface area contributed by atoms with E-state index >= 15 is 0 Å². The number of aryl methyl sites for hydroxylation is 1. The minimum Gasteiger partial charge on any atom is -0.497 e. The summed E-state index contributed by atoms with van der Waals surface area (Å²) in [6.45, 7) is 4.50. The molecule has 154 valence electrons. The second kappa shape index (κ2) is 7.48. The molecule has 2 bridgehead atoms. The minimum atomic E-state index is 0.0208. The van der Waals surface area contributed by atoms with Gasteiger partial charge in [0, 0.05) is 38.6 Å². The van der Waals surface area contributed by atoms with Crippen molar-refractivity contribution in [1.29, 1.82) is 0 Å². The Morgan fingerprint density at radius 3 is 2.72 bits per heavy atom. The van der Waals surface area contributed by atoms with Crippen molar-refractivity contribution in [1.82, 2.24) is 14.8 Å². The summed E-state index contributed by atoms with van der Waals surface area (Å²) in [7, 11) is 1.71. The number of nitrogens with zero attached hydrogens (tertiary/aromatic N) is 3. The third-order valence-corrected chi connectivity index (χ3v) is 7.01. The van der Waals surface area contributed by atoms with E-state index in [2.05, 4.69) is 34.1 Å². The van der Waals surface area contributed by atoms with Crippen LogP contribution in [-0.4, -0.2) is 53.5 Å². The maximum Gasteiger partial charge on any atom is 0.275 e. The predicted octanol–water partition coefficient (Wildman–Crippen LogP) is 3.68. The highest BCUT2D eigenvalue weighted by Gasteiger charge is 2.46. The van der Waals surface area contributed by atoms with E-state index in [9.17, 15) is 4.79 Å². The molecule has 0 aliphatic carbocycles. The summed E-state index contributed by atoms with van der Waals surface area (Å²) in [6, 6.07) is 9.62. The fourth-order valence-corrected chi connectivity index (χ4v) is 5.78. The number of oxazole rings is 1. The highest BCUT2D eigenvalue weighted by molar-refractivity contribution is 5.92. The monoisotopic (exact) mass is 395 g/mol. The number of methoxy groups -OCH3 is 1. The van der Waals surface area contributed by atoms with E-state index in [0.29, 0.717) is 35.5 Å². The smallest absolute Gasteiger partial charge is 0.275 e. The number of fused-ring (bicyclic) bond motifs is 4. The first-order valence-corrected chi connectivity index (χ1v) is 10.7. The van der Waals surface area contributed by atoms with E-state index < -0.39 is 0 Å². The van der Waals surface area contributed by atoms with Crippen LogP contribution in [0.25, 0.3) is 0 Å². The first kappa shape index (κ1) is 18.7. The van der Waals surface area contributed by atoms with Gasteiger partial charge in [0.05, 0.1) is 7.11 Å². The largest absolute Gasteiger partial charge is 0.497 e. The number of likely N-dealkylation sites (tertiary alicyclic amines) is 1. The zero-order valence-electron chi connectivity index (χ0n) is 17.2. The molecule has 6 heteroatoms. The molecule has 6 nitrogen and oxygen atoms in total. The lowest BCUT2D eigenvalue weighted by Crippen LogP contribution is -2.60. The number of rotatable bonds is 3. The molecular formula is C23H29N3O3. The van der Waals surface area contributed by atoms with Gasteiger partial charge < -0.3 is 14.1 Å². The Labute approximate surface area is 171 Å². The van der Waals surface area contributed by atoms with E-state index in [0.717, 1.165) is 25.4 Å². The van der Waals surface area contributed by atoms with E-state index in [1.165, 1.54) is 37.5 Å². The minimum absolute atomic E-state index is 0.0208. The fraction of sp³-hybridized carbons (Fsp3) is 0.565. The number of carbonyl (C=O) groups excluding carboxylic acids is 1. The molecule has 3 aliphatic rings. The van der Waals surface area contributed by atoms with Gasteiger partial charge in [0.2, 0.25) is 0 Å². The third kappa shape index (κ3) is 3.44. The molecule has 1 amide bonds. The standard InChI is InChI=1S/C23H29N3O3/c1-15-24-20(14-29-15)23(27)25-11-16-10-18(13-25)22-5-3-4-21(26(22)12-16)17-6-8-19(28-2)9-7-17/h6-9,14,16,18,21-22H,3-5,10-13H2,1-2H3/t16-,18+,21+,22-/m0/s1. The number of carbonyl (C=O) groups is 1. The molecule has 2 aromatic rings. The van der Waals surface area contributed by atoms with Crippen molar-refractivity contribution in [2.45, 2.75) is 44.7 Å². The number of hydrogen-bond acceptors (Lipinski definition) is 5. The number of piperidine rings is 3. The number of ether oxygens (including phenoxy) is 1. The Balaban J connectivity index is 1.34.